The van der Waals surface area contributed by atoms with Crippen LogP contribution in [0.3, 0.4) is 0 Å². The van der Waals surface area contributed by atoms with Crippen molar-refractivity contribution in [2.45, 2.75) is 50.0 Å². The summed E-state index contributed by atoms with van der Waals surface area (Å²) in [5, 5.41) is 48.2. The number of carbonyl (C=O) groups is 1. The SMILES string of the molecule is CC(C)([13c]1[13cH][13cH][13c](O)[13cH][13cH]1)[13c]1[13cH][13cH][13c](O[C@@H]2O[C@H](C(=O)O)[C@@H](O)[C@H](O)[C@H]2O)[13cH][13cH]1. The quantitative estimate of drug-likeness (QED) is 0.487. The highest BCUT2D eigenvalue weighted by molar-refractivity contribution is 5.73. The second-order valence-corrected chi connectivity index (χ2v) is 7.55. The van der Waals surface area contributed by atoms with E-state index in [2.05, 4.69) is 0 Å². The second-order valence-electron chi connectivity index (χ2n) is 7.55. The maximum atomic E-state index is 11.2. The Kier molecular flexibility index (Phi) is 5.81. The van der Waals surface area contributed by atoms with Gasteiger partial charge in [0.25, 0.3) is 0 Å². The standard InChI is InChI=1S/C21H24O8/c1-21(2,11-3-7-13(22)8-4-11)12-5-9-14(10-6-12)28-20-17(25)15(23)16(24)18(29-20)19(26)27/h3-10,15-18,20,22-25H,1-2H3,(H,26,27)/t15-,16-,17+,18-,20+/m0/s1/i3+1,4+1,5+1,6+1,7+1,8+1,9+1,10+1,11+1,12+1,13+1,14+1. The van der Waals surface area contributed by atoms with E-state index in [4.69, 9.17) is 14.6 Å². The zero-order chi connectivity index (χ0) is 21.3. The number of rotatable bonds is 5. The van der Waals surface area contributed by atoms with Gasteiger partial charge in [-0.1, -0.05) is 38.1 Å². The monoisotopic (exact) mass is 416 g/mol. The van der Waals surface area contributed by atoms with Crippen molar-refractivity contribution in [2.75, 3.05) is 0 Å². The summed E-state index contributed by atoms with van der Waals surface area (Å²) in [6, 6.07) is 13.8. The Hall–Kier alpha value is -2.65. The predicted octanol–water partition coefficient (Wildman–Crippen LogP) is 0.989. The molecule has 8 nitrogen and oxygen atoms in total. The number of carboxylic acid groups (broad SMARTS) is 1. The van der Waals surface area contributed by atoms with Crippen molar-refractivity contribution < 1.29 is 39.8 Å². The van der Waals surface area contributed by atoms with Crippen molar-refractivity contribution in [1.29, 1.82) is 0 Å². The van der Waals surface area contributed by atoms with Crippen molar-refractivity contribution in [2.24, 2.45) is 0 Å². The third-order valence-electron chi connectivity index (χ3n) is 5.23. The fourth-order valence-electron chi connectivity index (χ4n) is 3.28. The summed E-state index contributed by atoms with van der Waals surface area (Å²) in [6.45, 7) is 4.05. The molecule has 0 saturated carbocycles. The molecule has 29 heavy (non-hydrogen) atoms. The third-order valence-corrected chi connectivity index (χ3v) is 5.23. The molecule has 1 aliphatic rings. The van der Waals surface area contributed by atoms with Crippen LogP contribution in [0.4, 0.5) is 0 Å². The van der Waals surface area contributed by atoms with Gasteiger partial charge < -0.3 is 35.0 Å². The van der Waals surface area contributed by atoms with Crippen molar-refractivity contribution >= 4 is 5.97 Å². The van der Waals surface area contributed by atoms with Gasteiger partial charge in [-0.3, -0.25) is 0 Å². The van der Waals surface area contributed by atoms with Gasteiger partial charge in [0, 0.05) is 5.41 Å². The molecule has 0 amide bonds. The van der Waals surface area contributed by atoms with Crippen LogP contribution in [0.5, 0.6) is 11.5 Å². The van der Waals surface area contributed by atoms with E-state index < -0.39 is 36.7 Å². The van der Waals surface area contributed by atoms with E-state index in [0.717, 1.165) is 11.1 Å². The average Bonchev–Trinajstić information content (AvgIpc) is 2.69. The van der Waals surface area contributed by atoms with Gasteiger partial charge in [0.2, 0.25) is 6.29 Å². The van der Waals surface area contributed by atoms with E-state index in [1.165, 1.54) is 0 Å². The molecule has 1 heterocycles. The van der Waals surface area contributed by atoms with Gasteiger partial charge in [0.15, 0.2) is 6.10 Å². The Morgan fingerprint density at radius 1 is 0.897 bits per heavy atom. The minimum Gasteiger partial charge on any atom is -0.508 e. The molecular weight excluding hydrogens is 392 g/mol. The molecule has 0 spiro atoms. The first-order valence-corrected chi connectivity index (χ1v) is 9.10. The van der Waals surface area contributed by atoms with Crippen molar-refractivity contribution in [1.82, 2.24) is 0 Å². The Labute approximate surface area is 167 Å². The van der Waals surface area contributed by atoms with Crippen LogP contribution in [0, 0.1) is 0 Å². The topological polar surface area (TPSA) is 137 Å². The van der Waals surface area contributed by atoms with E-state index in [1.54, 1.807) is 24.3 Å². The van der Waals surface area contributed by atoms with Gasteiger partial charge in [-0.15, -0.1) is 0 Å². The lowest BCUT2D eigenvalue weighted by Crippen LogP contribution is -2.61. The van der Waals surface area contributed by atoms with Crippen LogP contribution < -0.4 is 4.74 Å². The highest BCUT2D eigenvalue weighted by Gasteiger charge is 2.48. The van der Waals surface area contributed by atoms with Crippen LogP contribution in [-0.4, -0.2) is 62.2 Å². The number of aromatic hydroxyl groups is 1. The van der Waals surface area contributed by atoms with Crippen LogP contribution in [0.2, 0.25) is 0 Å². The largest absolute Gasteiger partial charge is 0.508 e. The van der Waals surface area contributed by atoms with E-state index in [1.807, 2.05) is 38.1 Å². The summed E-state index contributed by atoms with van der Waals surface area (Å²) in [7, 11) is 0. The van der Waals surface area contributed by atoms with E-state index in [9.17, 15) is 25.2 Å². The minimum atomic E-state index is -1.77. The predicted molar refractivity (Wildman–Crippen MR) is 102 cm³/mol. The Balaban J connectivity index is 1.76. The lowest BCUT2D eigenvalue weighted by atomic mass is 9.99. The molecular formula is C21H24O8. The molecule has 2 aromatic rings. The molecule has 0 aliphatic carbocycles. The van der Waals surface area contributed by atoms with Gasteiger partial charge in [0.1, 0.15) is 29.8 Å². The van der Waals surface area contributed by atoms with E-state index >= 15 is 0 Å². The number of phenols is 1. The van der Waals surface area contributed by atoms with E-state index in [0.29, 0.717) is 5.75 Å². The third kappa shape index (κ3) is 4.20. The molecule has 0 aromatic heterocycles. The number of hydrogen-bond acceptors (Lipinski definition) is 7. The Morgan fingerprint density at radius 3 is 1.93 bits per heavy atom. The highest BCUT2D eigenvalue weighted by atomic mass is 16.7. The van der Waals surface area contributed by atoms with Gasteiger partial charge in [-0.05, 0) is 35.4 Å². The molecule has 156 valence electrons. The minimum absolute atomic E-state index is 0.186. The first-order valence-electron chi connectivity index (χ1n) is 9.10. The first-order chi connectivity index (χ1) is 13.6. The zero-order valence-electron chi connectivity index (χ0n) is 16.0. The number of ether oxygens (including phenoxy) is 2. The number of hydrogen-bond donors (Lipinski definition) is 5. The first kappa shape index (κ1) is 21.1. The van der Waals surface area contributed by atoms with Crippen LogP contribution in [0.1, 0.15) is 25.0 Å². The van der Waals surface area contributed by atoms with Gasteiger partial charge >= 0.3 is 5.97 Å². The number of phenolic OH excluding ortho intramolecular Hbond substituents is 1. The number of aliphatic hydroxyl groups is 3. The summed E-state index contributed by atoms with van der Waals surface area (Å²) in [5.74, 6) is -0.985. The summed E-state index contributed by atoms with van der Waals surface area (Å²) in [4.78, 5) is 11.2. The van der Waals surface area contributed by atoms with Crippen molar-refractivity contribution in [3.8, 4) is 11.5 Å². The number of benzene rings is 2. The molecule has 1 fully saturated rings. The van der Waals surface area contributed by atoms with Crippen LogP contribution in [0.15, 0.2) is 48.5 Å². The van der Waals surface area contributed by atoms with Crippen LogP contribution in [-0.2, 0) is 14.9 Å². The molecule has 2 aromatic carbocycles. The Morgan fingerprint density at radius 2 is 1.41 bits per heavy atom. The number of aliphatic carboxylic acids is 1. The smallest absolute Gasteiger partial charge is 0.335 e. The molecule has 3 rings (SSSR count). The van der Waals surface area contributed by atoms with Gasteiger partial charge in [-0.2, -0.15) is 0 Å². The van der Waals surface area contributed by atoms with Crippen LogP contribution >= 0.6 is 0 Å². The maximum absolute atomic E-state index is 11.2. The molecule has 0 radical (unpaired) electrons. The molecule has 8 heteroatoms. The summed E-state index contributed by atoms with van der Waals surface area (Å²) in [5.41, 5.74) is 1.60. The molecule has 1 saturated heterocycles. The molecule has 5 N–H and O–H groups in total. The summed E-state index contributed by atoms with van der Waals surface area (Å²) in [6.07, 6.45) is -8.27. The summed E-state index contributed by atoms with van der Waals surface area (Å²) < 4.78 is 10.6. The van der Waals surface area contributed by atoms with Gasteiger partial charge in [0.05, 0.1) is 0 Å². The summed E-state index contributed by atoms with van der Waals surface area (Å²) >= 11 is 0. The van der Waals surface area contributed by atoms with Crippen LogP contribution in [0.25, 0.3) is 0 Å². The van der Waals surface area contributed by atoms with Crippen molar-refractivity contribution in [3.63, 3.8) is 0 Å². The zero-order valence-corrected chi connectivity index (χ0v) is 16.0. The lowest BCUT2D eigenvalue weighted by molar-refractivity contribution is -0.271. The highest BCUT2D eigenvalue weighted by Crippen LogP contribution is 2.33. The fourth-order valence-corrected chi connectivity index (χ4v) is 3.28. The lowest BCUT2D eigenvalue weighted by Gasteiger charge is -2.38. The maximum Gasteiger partial charge on any atom is 0.335 e. The fraction of sp³-hybridized carbons (Fsp3) is 0.381. The molecule has 1 aliphatic heterocycles. The average molecular weight is 416 g/mol. The van der Waals surface area contributed by atoms with Crippen molar-refractivity contribution in [3.05, 3.63) is 59.7 Å². The number of aliphatic hydroxyl groups excluding tert-OH is 3. The molecule has 5 atom stereocenters. The normalized spacial score (nSPS) is 27.4. The second kappa shape index (κ2) is 8.00. The van der Waals surface area contributed by atoms with E-state index in [-0.39, 0.29) is 11.2 Å². The molecule has 0 bridgehead atoms. The molecule has 0 unspecified atom stereocenters. The Bertz CT molecular complexity index is 846. The van der Waals surface area contributed by atoms with Gasteiger partial charge in [-0.25, -0.2) is 4.79 Å². The number of carboxylic acids is 1.